The molecule has 0 aliphatic carbocycles. The Balaban J connectivity index is 2.14. The Kier molecular flexibility index (Phi) is 3.57. The molecule has 1 aromatic rings. The summed E-state index contributed by atoms with van der Waals surface area (Å²) in [7, 11) is 1.75. The van der Waals surface area contributed by atoms with Crippen LogP contribution in [0.15, 0.2) is 24.3 Å². The molecule has 1 unspecified atom stereocenters. The maximum absolute atomic E-state index is 10.8. The number of carboxylic acid groups (broad SMARTS) is 1. The number of methoxy groups -OCH3 is 1. The van der Waals surface area contributed by atoms with Crippen LogP contribution in [0.4, 0.5) is 5.69 Å². The average Bonchev–Trinajstić information content (AvgIpc) is 2.39. The summed E-state index contributed by atoms with van der Waals surface area (Å²) in [5.74, 6) is -0.887. The zero-order chi connectivity index (χ0) is 13.2. The third-order valence-corrected chi connectivity index (χ3v) is 3.63. The topological polar surface area (TPSA) is 49.8 Å². The van der Waals surface area contributed by atoms with E-state index in [9.17, 15) is 4.79 Å². The summed E-state index contributed by atoms with van der Waals surface area (Å²) < 4.78 is 5.56. The first-order valence-electron chi connectivity index (χ1n) is 6.17. The minimum Gasteiger partial charge on any atom is -0.478 e. The predicted octanol–water partition coefficient (Wildman–Crippen LogP) is 2.39. The Hall–Kier alpha value is -1.55. The van der Waals surface area contributed by atoms with Crippen molar-refractivity contribution in [1.29, 1.82) is 0 Å². The van der Waals surface area contributed by atoms with E-state index in [-0.39, 0.29) is 5.60 Å². The summed E-state index contributed by atoms with van der Waals surface area (Å²) in [6.07, 6.45) is 2.15. The molecule has 1 fully saturated rings. The van der Waals surface area contributed by atoms with E-state index in [4.69, 9.17) is 9.84 Å². The van der Waals surface area contributed by atoms with E-state index < -0.39 is 5.97 Å². The van der Waals surface area contributed by atoms with Crippen LogP contribution in [-0.2, 0) is 4.74 Å². The smallest absolute Gasteiger partial charge is 0.335 e. The molecule has 0 bridgehead atoms. The van der Waals surface area contributed by atoms with Gasteiger partial charge < -0.3 is 14.7 Å². The molecule has 1 aliphatic heterocycles. The molecule has 98 valence electrons. The number of carboxylic acids is 1. The molecule has 0 radical (unpaired) electrons. The van der Waals surface area contributed by atoms with E-state index in [0.717, 1.165) is 31.6 Å². The van der Waals surface area contributed by atoms with Gasteiger partial charge in [0.15, 0.2) is 0 Å². The highest BCUT2D eigenvalue weighted by Gasteiger charge is 2.30. The lowest BCUT2D eigenvalue weighted by Gasteiger charge is -2.40. The van der Waals surface area contributed by atoms with Crippen molar-refractivity contribution in [1.82, 2.24) is 0 Å². The van der Waals surface area contributed by atoms with E-state index in [1.807, 2.05) is 12.1 Å². The van der Waals surface area contributed by atoms with E-state index in [0.29, 0.717) is 5.56 Å². The number of carbonyl (C=O) groups is 1. The first-order valence-corrected chi connectivity index (χ1v) is 6.17. The van der Waals surface area contributed by atoms with E-state index in [1.165, 1.54) is 0 Å². The monoisotopic (exact) mass is 249 g/mol. The third kappa shape index (κ3) is 2.64. The van der Waals surface area contributed by atoms with Gasteiger partial charge in [0, 0.05) is 25.9 Å². The summed E-state index contributed by atoms with van der Waals surface area (Å²) in [4.78, 5) is 13.1. The number of nitrogens with zero attached hydrogens (tertiary/aromatic N) is 1. The van der Waals surface area contributed by atoms with Gasteiger partial charge in [0.1, 0.15) is 0 Å². The van der Waals surface area contributed by atoms with Gasteiger partial charge in [-0.1, -0.05) is 0 Å². The van der Waals surface area contributed by atoms with Crippen LogP contribution in [0.25, 0.3) is 0 Å². The van der Waals surface area contributed by atoms with Gasteiger partial charge in [-0.3, -0.25) is 0 Å². The normalized spacial score (nSPS) is 24.0. The van der Waals surface area contributed by atoms with E-state index >= 15 is 0 Å². The summed E-state index contributed by atoms with van der Waals surface area (Å²) in [6, 6.07) is 7.03. The van der Waals surface area contributed by atoms with Gasteiger partial charge in [-0.05, 0) is 44.0 Å². The third-order valence-electron chi connectivity index (χ3n) is 3.63. The van der Waals surface area contributed by atoms with Crippen molar-refractivity contribution in [2.45, 2.75) is 25.4 Å². The molecule has 1 aliphatic rings. The second kappa shape index (κ2) is 4.98. The Morgan fingerprint density at radius 2 is 2.06 bits per heavy atom. The fraction of sp³-hybridized carbons (Fsp3) is 0.500. The SMILES string of the molecule is COC1(C)CCCN(c2ccc(C(=O)O)cc2)C1. The molecule has 4 heteroatoms. The van der Waals surface area contributed by atoms with Crippen molar-refractivity contribution in [3.05, 3.63) is 29.8 Å². The molecule has 1 atom stereocenters. The lowest BCUT2D eigenvalue weighted by Crippen LogP contribution is -2.47. The van der Waals surface area contributed by atoms with Crippen molar-refractivity contribution in [3.63, 3.8) is 0 Å². The highest BCUT2D eigenvalue weighted by Crippen LogP contribution is 2.28. The number of rotatable bonds is 3. The molecular weight excluding hydrogens is 230 g/mol. The van der Waals surface area contributed by atoms with Crippen LogP contribution in [0.1, 0.15) is 30.1 Å². The van der Waals surface area contributed by atoms with Gasteiger partial charge in [-0.25, -0.2) is 4.79 Å². The van der Waals surface area contributed by atoms with Crippen LogP contribution >= 0.6 is 0 Å². The minimum atomic E-state index is -0.887. The molecule has 1 aromatic carbocycles. The number of aromatic carboxylic acids is 1. The van der Waals surface area contributed by atoms with Crippen LogP contribution in [0.3, 0.4) is 0 Å². The average molecular weight is 249 g/mol. The van der Waals surface area contributed by atoms with Gasteiger partial charge in [0.2, 0.25) is 0 Å². The predicted molar refractivity (Wildman–Crippen MR) is 70.3 cm³/mol. The summed E-state index contributed by atoms with van der Waals surface area (Å²) in [5, 5.41) is 8.87. The van der Waals surface area contributed by atoms with Gasteiger partial charge in [0.25, 0.3) is 0 Å². The van der Waals surface area contributed by atoms with Gasteiger partial charge >= 0.3 is 5.97 Å². The summed E-state index contributed by atoms with van der Waals surface area (Å²) >= 11 is 0. The lowest BCUT2D eigenvalue weighted by atomic mass is 9.94. The van der Waals surface area contributed by atoms with Crippen molar-refractivity contribution < 1.29 is 14.6 Å². The number of benzene rings is 1. The summed E-state index contributed by atoms with van der Waals surface area (Å²) in [5.41, 5.74) is 1.28. The van der Waals surface area contributed by atoms with Gasteiger partial charge in [-0.15, -0.1) is 0 Å². The highest BCUT2D eigenvalue weighted by atomic mass is 16.5. The standard InChI is InChI=1S/C14H19NO3/c1-14(18-2)8-3-9-15(10-14)12-6-4-11(5-7-12)13(16)17/h4-7H,3,8-10H2,1-2H3,(H,16,17). The zero-order valence-electron chi connectivity index (χ0n) is 10.8. The van der Waals surface area contributed by atoms with Gasteiger partial charge in [0.05, 0.1) is 11.2 Å². The van der Waals surface area contributed by atoms with Crippen molar-refractivity contribution in [2.75, 3.05) is 25.1 Å². The second-order valence-electron chi connectivity index (χ2n) is 5.03. The first-order chi connectivity index (χ1) is 8.54. The maximum atomic E-state index is 10.8. The maximum Gasteiger partial charge on any atom is 0.335 e. The molecule has 4 nitrogen and oxygen atoms in total. The first kappa shape index (κ1) is 12.9. The van der Waals surface area contributed by atoms with Crippen LogP contribution in [0.5, 0.6) is 0 Å². The molecule has 1 N–H and O–H groups in total. The van der Waals surface area contributed by atoms with E-state index in [1.54, 1.807) is 19.2 Å². The molecule has 0 spiro atoms. The van der Waals surface area contributed by atoms with Crippen LogP contribution in [0.2, 0.25) is 0 Å². The number of anilines is 1. The fourth-order valence-electron chi connectivity index (χ4n) is 2.41. The molecule has 0 aromatic heterocycles. The molecule has 1 heterocycles. The number of piperidine rings is 1. The van der Waals surface area contributed by atoms with Crippen LogP contribution in [-0.4, -0.2) is 36.9 Å². The molecule has 2 rings (SSSR count). The number of hydrogen-bond acceptors (Lipinski definition) is 3. The zero-order valence-corrected chi connectivity index (χ0v) is 10.8. The fourth-order valence-corrected chi connectivity index (χ4v) is 2.41. The van der Waals surface area contributed by atoms with E-state index in [2.05, 4.69) is 11.8 Å². The number of ether oxygens (including phenoxy) is 1. The molecule has 18 heavy (non-hydrogen) atoms. The Bertz CT molecular complexity index is 429. The quantitative estimate of drug-likeness (QED) is 0.893. The largest absolute Gasteiger partial charge is 0.478 e. The lowest BCUT2D eigenvalue weighted by molar-refractivity contribution is -0.00466. The molecule has 0 saturated carbocycles. The van der Waals surface area contributed by atoms with Gasteiger partial charge in [-0.2, -0.15) is 0 Å². The minimum absolute atomic E-state index is 0.107. The molecule has 0 amide bonds. The highest BCUT2D eigenvalue weighted by molar-refractivity contribution is 5.88. The Morgan fingerprint density at radius 3 is 2.61 bits per heavy atom. The molecule has 1 saturated heterocycles. The Morgan fingerprint density at radius 1 is 1.39 bits per heavy atom. The van der Waals surface area contributed by atoms with Crippen LogP contribution < -0.4 is 4.90 Å². The van der Waals surface area contributed by atoms with Crippen molar-refractivity contribution in [2.24, 2.45) is 0 Å². The second-order valence-corrected chi connectivity index (χ2v) is 5.03. The van der Waals surface area contributed by atoms with Crippen molar-refractivity contribution in [3.8, 4) is 0 Å². The van der Waals surface area contributed by atoms with Crippen LogP contribution in [0, 0.1) is 0 Å². The summed E-state index contributed by atoms with van der Waals surface area (Å²) in [6.45, 7) is 3.95. The Labute approximate surface area is 107 Å². The number of hydrogen-bond donors (Lipinski definition) is 1. The van der Waals surface area contributed by atoms with Crippen molar-refractivity contribution >= 4 is 11.7 Å². The molecular formula is C14H19NO3.